The van der Waals surface area contributed by atoms with Gasteiger partial charge in [0.15, 0.2) is 0 Å². The maximum atomic E-state index is 13.3. The Kier molecular flexibility index (Phi) is 4.55. The number of aromatic nitrogens is 2. The lowest BCUT2D eigenvalue weighted by atomic mass is 10.1. The van der Waals surface area contributed by atoms with Crippen molar-refractivity contribution < 1.29 is 22.7 Å². The summed E-state index contributed by atoms with van der Waals surface area (Å²) in [6.45, 7) is 1.66. The van der Waals surface area contributed by atoms with Crippen LogP contribution in [0.4, 0.5) is 13.2 Å². The average molecular weight is 413 g/mol. The van der Waals surface area contributed by atoms with Crippen molar-refractivity contribution in [1.29, 1.82) is 0 Å². The second kappa shape index (κ2) is 6.51. The highest BCUT2D eigenvalue weighted by molar-refractivity contribution is 9.10. The van der Waals surface area contributed by atoms with Crippen LogP contribution in [0.2, 0.25) is 0 Å². The zero-order valence-corrected chi connectivity index (χ0v) is 14.6. The van der Waals surface area contributed by atoms with Gasteiger partial charge in [0.05, 0.1) is 35.1 Å². The summed E-state index contributed by atoms with van der Waals surface area (Å²) in [5.41, 5.74) is -0.329. The highest BCUT2D eigenvalue weighted by Crippen LogP contribution is 2.34. The molecule has 0 bridgehead atoms. The van der Waals surface area contributed by atoms with E-state index in [1.165, 1.54) is 10.9 Å². The van der Waals surface area contributed by atoms with Crippen molar-refractivity contribution >= 4 is 32.8 Å². The van der Waals surface area contributed by atoms with Gasteiger partial charge in [-0.25, -0.2) is 9.48 Å². The molecule has 0 spiro atoms. The van der Waals surface area contributed by atoms with Crippen LogP contribution in [-0.2, 0) is 10.9 Å². The summed E-state index contributed by atoms with van der Waals surface area (Å²) in [6.07, 6.45) is -3.23. The number of fused-ring (bicyclic) bond motifs is 1. The summed E-state index contributed by atoms with van der Waals surface area (Å²) < 4.78 is 46.8. The van der Waals surface area contributed by atoms with Crippen LogP contribution in [-0.4, -0.2) is 22.4 Å². The molecular formula is C17H12BrF3N2O2. The minimum absolute atomic E-state index is 0.0669. The number of carbonyl (C=O) groups excluding carboxylic acids is 1. The molecule has 0 N–H and O–H groups in total. The van der Waals surface area contributed by atoms with Crippen molar-refractivity contribution in [1.82, 2.24) is 9.78 Å². The van der Waals surface area contributed by atoms with E-state index in [2.05, 4.69) is 21.0 Å². The molecule has 0 saturated heterocycles. The lowest BCUT2D eigenvalue weighted by molar-refractivity contribution is -0.137. The monoisotopic (exact) mass is 412 g/mol. The molecule has 4 nitrogen and oxygen atoms in total. The van der Waals surface area contributed by atoms with Gasteiger partial charge in [-0.1, -0.05) is 15.9 Å². The number of halogens is 4. The van der Waals surface area contributed by atoms with Crippen LogP contribution < -0.4 is 0 Å². The Balaban J connectivity index is 2.26. The maximum Gasteiger partial charge on any atom is 0.416 e. The Morgan fingerprint density at radius 3 is 2.52 bits per heavy atom. The Morgan fingerprint density at radius 2 is 1.92 bits per heavy atom. The Labute approximate surface area is 149 Å². The van der Waals surface area contributed by atoms with Gasteiger partial charge >= 0.3 is 12.1 Å². The summed E-state index contributed by atoms with van der Waals surface area (Å²) in [5, 5.41) is 4.45. The van der Waals surface area contributed by atoms with Gasteiger partial charge in [-0.3, -0.25) is 0 Å². The molecule has 0 aliphatic rings. The van der Waals surface area contributed by atoms with Gasteiger partial charge in [0.25, 0.3) is 0 Å². The fraction of sp³-hybridized carbons (Fsp3) is 0.176. The molecule has 0 amide bonds. The minimum atomic E-state index is -4.59. The number of hydrogen-bond acceptors (Lipinski definition) is 3. The van der Waals surface area contributed by atoms with E-state index in [4.69, 9.17) is 4.74 Å². The average Bonchev–Trinajstić information content (AvgIpc) is 2.98. The number of esters is 1. The fourth-order valence-electron chi connectivity index (χ4n) is 2.46. The third-order valence-electron chi connectivity index (χ3n) is 3.58. The van der Waals surface area contributed by atoms with Gasteiger partial charge in [-0.2, -0.15) is 18.3 Å². The molecular weight excluding hydrogens is 401 g/mol. The van der Waals surface area contributed by atoms with Crippen LogP contribution in [0.25, 0.3) is 16.6 Å². The molecule has 0 aliphatic carbocycles. The van der Waals surface area contributed by atoms with Crippen molar-refractivity contribution in [3.8, 4) is 5.69 Å². The Hall–Kier alpha value is -2.35. The molecule has 3 rings (SSSR count). The SMILES string of the molecule is CCOC(=O)c1cc(C(F)(F)F)cc2c1cnn2-c1ccc(Br)cc1. The van der Waals surface area contributed by atoms with Gasteiger partial charge in [0, 0.05) is 9.86 Å². The second-order valence-electron chi connectivity index (χ2n) is 5.21. The summed E-state index contributed by atoms with van der Waals surface area (Å²) in [4.78, 5) is 12.1. The zero-order chi connectivity index (χ0) is 18.2. The smallest absolute Gasteiger partial charge is 0.416 e. The molecule has 3 aromatic rings. The summed E-state index contributed by atoms with van der Waals surface area (Å²) >= 11 is 3.30. The van der Waals surface area contributed by atoms with E-state index in [9.17, 15) is 18.0 Å². The van der Waals surface area contributed by atoms with E-state index in [1.54, 1.807) is 31.2 Å². The minimum Gasteiger partial charge on any atom is -0.462 e. The van der Waals surface area contributed by atoms with Crippen LogP contribution in [0, 0.1) is 0 Å². The standard InChI is InChI=1S/C17H12BrF3N2O2/c1-2-25-16(24)13-7-10(17(19,20)21)8-15-14(13)9-22-23(15)12-5-3-11(18)4-6-12/h3-9H,2H2,1H3. The van der Waals surface area contributed by atoms with E-state index >= 15 is 0 Å². The molecule has 0 fully saturated rings. The molecule has 1 heterocycles. The van der Waals surface area contributed by atoms with Crippen LogP contribution in [0.5, 0.6) is 0 Å². The van der Waals surface area contributed by atoms with Crippen molar-refractivity contribution in [2.24, 2.45) is 0 Å². The molecule has 0 aliphatic heterocycles. The first-order chi connectivity index (χ1) is 11.8. The number of rotatable bonds is 3. The lowest BCUT2D eigenvalue weighted by Gasteiger charge is -2.11. The normalized spacial score (nSPS) is 11.7. The molecule has 0 atom stereocenters. The van der Waals surface area contributed by atoms with Gasteiger partial charge in [-0.05, 0) is 43.3 Å². The number of hydrogen-bond donors (Lipinski definition) is 0. The Bertz CT molecular complexity index is 933. The summed E-state index contributed by atoms with van der Waals surface area (Å²) in [6, 6.07) is 8.70. The number of ether oxygens (including phenoxy) is 1. The van der Waals surface area contributed by atoms with E-state index < -0.39 is 17.7 Å². The summed E-state index contributed by atoms with van der Waals surface area (Å²) in [7, 11) is 0. The molecule has 25 heavy (non-hydrogen) atoms. The maximum absolute atomic E-state index is 13.3. The predicted molar refractivity (Wildman–Crippen MR) is 89.7 cm³/mol. The van der Waals surface area contributed by atoms with Crippen LogP contribution in [0.15, 0.2) is 47.1 Å². The first-order valence-electron chi connectivity index (χ1n) is 7.33. The Morgan fingerprint density at radius 1 is 1.24 bits per heavy atom. The highest BCUT2D eigenvalue weighted by atomic mass is 79.9. The van der Waals surface area contributed by atoms with Crippen molar-refractivity contribution in [3.05, 3.63) is 58.2 Å². The molecule has 0 unspecified atom stereocenters. The first kappa shape index (κ1) is 17.5. The second-order valence-corrected chi connectivity index (χ2v) is 6.12. The molecule has 8 heteroatoms. The van der Waals surface area contributed by atoms with Crippen molar-refractivity contribution in [2.45, 2.75) is 13.1 Å². The first-order valence-corrected chi connectivity index (χ1v) is 8.12. The molecule has 0 saturated carbocycles. The molecule has 0 radical (unpaired) electrons. The topological polar surface area (TPSA) is 44.1 Å². The summed E-state index contributed by atoms with van der Waals surface area (Å²) in [5.74, 6) is -0.811. The quantitative estimate of drug-likeness (QED) is 0.569. The zero-order valence-electron chi connectivity index (χ0n) is 13.0. The van der Waals surface area contributed by atoms with E-state index in [-0.39, 0.29) is 17.7 Å². The van der Waals surface area contributed by atoms with Crippen LogP contribution in [0.1, 0.15) is 22.8 Å². The van der Waals surface area contributed by atoms with Crippen molar-refractivity contribution in [3.63, 3.8) is 0 Å². The van der Waals surface area contributed by atoms with Gasteiger partial charge in [-0.15, -0.1) is 0 Å². The largest absolute Gasteiger partial charge is 0.462 e. The van der Waals surface area contributed by atoms with Gasteiger partial charge in [0.1, 0.15) is 0 Å². The number of nitrogens with zero attached hydrogens (tertiary/aromatic N) is 2. The molecule has 130 valence electrons. The fourth-order valence-corrected chi connectivity index (χ4v) is 2.72. The number of benzene rings is 2. The highest BCUT2D eigenvalue weighted by Gasteiger charge is 2.33. The third-order valence-corrected chi connectivity index (χ3v) is 4.11. The van der Waals surface area contributed by atoms with E-state index in [1.807, 2.05) is 0 Å². The number of carbonyl (C=O) groups is 1. The predicted octanol–water partition coefficient (Wildman–Crippen LogP) is 4.98. The van der Waals surface area contributed by atoms with Crippen molar-refractivity contribution in [2.75, 3.05) is 6.61 Å². The van der Waals surface area contributed by atoms with E-state index in [0.717, 1.165) is 16.6 Å². The van der Waals surface area contributed by atoms with E-state index in [0.29, 0.717) is 11.1 Å². The number of alkyl halides is 3. The van der Waals surface area contributed by atoms with Gasteiger partial charge in [0.2, 0.25) is 0 Å². The van der Waals surface area contributed by atoms with Crippen LogP contribution in [0.3, 0.4) is 0 Å². The van der Waals surface area contributed by atoms with Gasteiger partial charge < -0.3 is 4.74 Å². The molecule has 2 aromatic carbocycles. The third kappa shape index (κ3) is 3.39. The van der Waals surface area contributed by atoms with Crippen LogP contribution >= 0.6 is 15.9 Å². The molecule has 1 aromatic heterocycles. The lowest BCUT2D eigenvalue weighted by Crippen LogP contribution is -2.11.